The third-order valence-electron chi connectivity index (χ3n) is 11.0. The van der Waals surface area contributed by atoms with Gasteiger partial charge >= 0.3 is 12.5 Å². The molecule has 50 heavy (non-hydrogen) atoms. The van der Waals surface area contributed by atoms with Gasteiger partial charge in [-0.05, 0) is 73.8 Å². The molecule has 1 saturated heterocycles. The molecule has 2 amide bonds. The van der Waals surface area contributed by atoms with Gasteiger partial charge in [-0.15, -0.1) is 13.2 Å². The Hall–Kier alpha value is -3.64. The van der Waals surface area contributed by atoms with Gasteiger partial charge in [0, 0.05) is 17.9 Å². The molecule has 2 bridgehead atoms. The number of fused-ring (bicyclic) bond motifs is 7. The lowest BCUT2D eigenvalue weighted by molar-refractivity contribution is -0.274. The van der Waals surface area contributed by atoms with Crippen molar-refractivity contribution in [3.8, 4) is 11.6 Å². The lowest BCUT2D eigenvalue weighted by Crippen LogP contribution is -2.58. The van der Waals surface area contributed by atoms with Crippen LogP contribution < -0.4 is 14.8 Å². The van der Waals surface area contributed by atoms with Crippen LogP contribution in [0.1, 0.15) is 92.2 Å². The van der Waals surface area contributed by atoms with Crippen LogP contribution >= 0.6 is 0 Å². The number of ketones is 1. The molecule has 0 radical (unpaired) electrons. The number of halogens is 3. The topological polar surface area (TPSA) is 120 Å². The summed E-state index contributed by atoms with van der Waals surface area (Å²) in [6, 6.07) is 2.04. The molecular formula is C37H49F3N4O6. The van der Waals surface area contributed by atoms with E-state index < -0.39 is 53.6 Å². The van der Waals surface area contributed by atoms with E-state index in [2.05, 4.69) is 15.0 Å². The van der Waals surface area contributed by atoms with E-state index in [4.69, 9.17) is 14.5 Å². The molecule has 2 aliphatic carbocycles. The first-order chi connectivity index (χ1) is 23.5. The average molecular weight is 703 g/mol. The summed E-state index contributed by atoms with van der Waals surface area (Å²) in [5, 5.41) is 2.90. The van der Waals surface area contributed by atoms with Gasteiger partial charge in [0.05, 0.1) is 23.6 Å². The number of rotatable bonds is 4. The third-order valence-corrected chi connectivity index (χ3v) is 11.0. The average Bonchev–Trinajstić information content (AvgIpc) is 3.56. The van der Waals surface area contributed by atoms with Crippen molar-refractivity contribution in [2.24, 2.45) is 35.0 Å². The van der Waals surface area contributed by atoms with Crippen molar-refractivity contribution in [3.05, 3.63) is 23.9 Å². The molecular weight excluding hydrogens is 653 g/mol. The molecule has 0 spiro atoms. The fraction of sp³-hybridized carbons (Fsp3) is 0.703. The van der Waals surface area contributed by atoms with E-state index in [0.29, 0.717) is 35.9 Å². The van der Waals surface area contributed by atoms with Gasteiger partial charge in [0.1, 0.15) is 29.7 Å². The Bertz CT molecular complexity index is 1610. The minimum absolute atomic E-state index is 0.0498. The van der Waals surface area contributed by atoms with Crippen LogP contribution in [0.25, 0.3) is 11.0 Å². The number of amides is 2. The maximum atomic E-state index is 14.6. The number of hydrogen-bond acceptors (Lipinski definition) is 8. The molecule has 3 heterocycles. The normalized spacial score (nSPS) is 30.7. The maximum absolute atomic E-state index is 14.6. The number of Topliss-reactive ketones (excluding diaryl/α,β-unsaturated/α-hetero) is 1. The highest BCUT2D eigenvalue weighted by atomic mass is 19.4. The van der Waals surface area contributed by atoms with Crippen molar-refractivity contribution in [2.45, 2.75) is 124 Å². The first-order valence-corrected chi connectivity index (χ1v) is 18.1. The van der Waals surface area contributed by atoms with Crippen LogP contribution in [0.5, 0.6) is 11.6 Å². The van der Waals surface area contributed by atoms with Crippen molar-refractivity contribution < 1.29 is 41.8 Å². The van der Waals surface area contributed by atoms with Crippen molar-refractivity contribution in [3.63, 3.8) is 0 Å². The van der Waals surface area contributed by atoms with E-state index in [1.165, 1.54) is 23.1 Å². The second-order valence-electron chi connectivity index (χ2n) is 15.9. The third kappa shape index (κ3) is 7.66. The van der Waals surface area contributed by atoms with Crippen LogP contribution in [-0.4, -0.2) is 69.9 Å². The second-order valence-corrected chi connectivity index (χ2v) is 15.9. The number of alkyl carbamates (subject to hydrolysis) is 1. The monoisotopic (exact) mass is 702 g/mol. The van der Waals surface area contributed by atoms with Gasteiger partial charge in [-0.25, -0.2) is 14.8 Å². The number of nitrogens with one attached hydrogen (secondary N) is 1. The van der Waals surface area contributed by atoms with Crippen molar-refractivity contribution in [1.82, 2.24) is 20.2 Å². The fourth-order valence-electron chi connectivity index (χ4n) is 8.38. The molecule has 2 unspecified atom stereocenters. The first kappa shape index (κ1) is 36.2. The Morgan fingerprint density at radius 3 is 2.46 bits per heavy atom. The highest BCUT2D eigenvalue weighted by Gasteiger charge is 2.55. The zero-order chi connectivity index (χ0) is 36.1. The Morgan fingerprint density at radius 1 is 1.02 bits per heavy atom. The van der Waals surface area contributed by atoms with E-state index in [0.717, 1.165) is 38.5 Å². The van der Waals surface area contributed by atoms with Crippen LogP contribution in [0.2, 0.25) is 0 Å². The Morgan fingerprint density at radius 2 is 1.78 bits per heavy atom. The number of alkyl halides is 3. The van der Waals surface area contributed by atoms with Crippen molar-refractivity contribution in [2.75, 3.05) is 6.54 Å². The van der Waals surface area contributed by atoms with Gasteiger partial charge in [0.2, 0.25) is 11.8 Å². The standard InChI is InChI=1S/C37H49F3N4O6/c1-7-22-29-18-44(30(22)31(45)19(2)3)34(46)32(36(4,5)6)43-35(47)49-28-16-20-15-24(20)23(28)11-9-8-10-12-26-33(48-29)42-27-17-21(50-37(38,39)40)13-14-25(27)41-26/h13-14,17,19-20,22-24,28-30,32H,7-12,15-16,18H2,1-6H3,(H,43,47)/t20?,22-,23-,24?,28-,29+,30+,32-/m1/s1. The Labute approximate surface area is 291 Å². The molecule has 8 atom stereocenters. The number of carbonyl (C=O) groups excluding carboxylic acids is 3. The first-order valence-electron chi connectivity index (χ1n) is 18.1. The van der Waals surface area contributed by atoms with Gasteiger partial charge in [-0.1, -0.05) is 54.4 Å². The largest absolute Gasteiger partial charge is 0.573 e. The van der Waals surface area contributed by atoms with Gasteiger partial charge < -0.3 is 24.4 Å². The van der Waals surface area contributed by atoms with Crippen LogP contribution in [0.4, 0.5) is 18.0 Å². The molecule has 274 valence electrons. The summed E-state index contributed by atoms with van der Waals surface area (Å²) in [5.74, 6) is -0.200. The Kier molecular flexibility index (Phi) is 10.00. The summed E-state index contributed by atoms with van der Waals surface area (Å²) in [7, 11) is 0. The van der Waals surface area contributed by atoms with Gasteiger partial charge in [-0.3, -0.25) is 9.59 Å². The van der Waals surface area contributed by atoms with Crippen molar-refractivity contribution in [1.29, 1.82) is 0 Å². The SMILES string of the molecule is CC[C@@H]1[C@@H]2CN(C(=O)[C@H](C(C)(C)C)NC(=O)O[C@@H]3CC4CC4[C@H]3CCCCCc3nc4ccc(OC(F)(F)F)cc4nc3O2)[C@@H]1C(=O)C(C)C. The molecule has 13 heteroatoms. The second kappa shape index (κ2) is 13.8. The maximum Gasteiger partial charge on any atom is 0.573 e. The number of hydrogen-bond donors (Lipinski definition) is 1. The molecule has 1 aromatic heterocycles. The van der Waals surface area contributed by atoms with Crippen LogP contribution in [-0.2, 0) is 20.7 Å². The smallest absolute Gasteiger partial charge is 0.471 e. The number of nitrogens with zero attached hydrogens (tertiary/aromatic N) is 3. The van der Waals surface area contributed by atoms with Crippen LogP contribution in [0.15, 0.2) is 18.2 Å². The quantitative estimate of drug-likeness (QED) is 0.361. The molecule has 1 N–H and O–H groups in total. The summed E-state index contributed by atoms with van der Waals surface area (Å²) >= 11 is 0. The van der Waals surface area contributed by atoms with Crippen molar-refractivity contribution >= 4 is 28.8 Å². The van der Waals surface area contributed by atoms with E-state index >= 15 is 0 Å². The lowest BCUT2D eigenvalue weighted by Gasteiger charge is -2.36. The van der Waals surface area contributed by atoms with Gasteiger partial charge in [0.25, 0.3) is 0 Å². The lowest BCUT2D eigenvalue weighted by atomic mass is 9.84. The highest BCUT2D eigenvalue weighted by Crippen LogP contribution is 2.57. The number of benzene rings is 1. The summed E-state index contributed by atoms with van der Waals surface area (Å²) in [4.78, 5) is 52.9. The van der Waals surface area contributed by atoms with Crippen LogP contribution in [0.3, 0.4) is 0 Å². The minimum atomic E-state index is -4.87. The van der Waals surface area contributed by atoms with Gasteiger partial charge in [0.15, 0.2) is 5.78 Å². The predicted molar refractivity (Wildman–Crippen MR) is 178 cm³/mol. The number of aromatic nitrogens is 2. The summed E-state index contributed by atoms with van der Waals surface area (Å²) in [6.07, 6.45) is 0.144. The highest BCUT2D eigenvalue weighted by molar-refractivity contribution is 5.94. The minimum Gasteiger partial charge on any atom is -0.471 e. The molecule has 2 aliphatic heterocycles. The molecule has 1 aromatic carbocycles. The summed E-state index contributed by atoms with van der Waals surface area (Å²) in [5.41, 5.74) is 0.427. The molecule has 4 aliphatic rings. The van der Waals surface area contributed by atoms with E-state index in [1.807, 2.05) is 27.7 Å². The molecule has 2 aromatic rings. The van der Waals surface area contributed by atoms with E-state index in [-0.39, 0.29) is 41.7 Å². The molecule has 3 fully saturated rings. The summed E-state index contributed by atoms with van der Waals surface area (Å²) in [6.45, 7) is 11.2. The predicted octanol–water partition coefficient (Wildman–Crippen LogP) is 7.02. The zero-order valence-electron chi connectivity index (χ0n) is 29.7. The Balaban J connectivity index is 1.40. The van der Waals surface area contributed by atoms with Crippen LogP contribution in [0, 0.1) is 35.0 Å². The number of aryl methyl sites for hydroxylation is 1. The molecule has 6 rings (SSSR count). The van der Waals surface area contributed by atoms with E-state index in [9.17, 15) is 27.6 Å². The number of ether oxygens (including phenoxy) is 3. The fourth-order valence-corrected chi connectivity index (χ4v) is 8.38. The summed E-state index contributed by atoms with van der Waals surface area (Å²) < 4.78 is 56.0. The van der Waals surface area contributed by atoms with Gasteiger partial charge in [-0.2, -0.15) is 0 Å². The van der Waals surface area contributed by atoms with E-state index in [1.54, 1.807) is 13.8 Å². The zero-order valence-corrected chi connectivity index (χ0v) is 29.7. The molecule has 2 saturated carbocycles. The number of carbonyl (C=O) groups is 3. The molecule has 10 nitrogen and oxygen atoms in total.